The highest BCUT2D eigenvalue weighted by Crippen LogP contribution is 2.32. The van der Waals surface area contributed by atoms with E-state index in [1.807, 2.05) is 25.1 Å². The molecule has 0 bridgehead atoms. The van der Waals surface area contributed by atoms with Crippen LogP contribution in [0.15, 0.2) is 34.7 Å². The maximum Gasteiger partial charge on any atom is 0.167 e. The van der Waals surface area contributed by atoms with Crippen molar-refractivity contribution in [3.8, 4) is 0 Å². The van der Waals surface area contributed by atoms with Gasteiger partial charge in [0.15, 0.2) is 5.82 Å². The Morgan fingerprint density at radius 2 is 2.29 bits per heavy atom. The summed E-state index contributed by atoms with van der Waals surface area (Å²) in [5, 5.41) is 8.43. The lowest BCUT2D eigenvalue weighted by Gasteiger charge is -2.20. The third kappa shape index (κ3) is 2.34. The zero-order valence-electron chi connectivity index (χ0n) is 12.0. The smallest absolute Gasteiger partial charge is 0.167 e. The number of nitrogens with one attached hydrogen (secondary N) is 1. The average molecular weight is 282 g/mol. The van der Waals surface area contributed by atoms with Crippen molar-refractivity contribution >= 4 is 11.0 Å². The van der Waals surface area contributed by atoms with E-state index in [-0.39, 0.29) is 0 Å². The summed E-state index contributed by atoms with van der Waals surface area (Å²) in [6.07, 6.45) is 2.29. The van der Waals surface area contributed by atoms with Crippen molar-refractivity contribution in [1.82, 2.24) is 20.1 Å². The highest BCUT2D eigenvalue weighted by molar-refractivity contribution is 5.77. The number of hydrogen-bond donors (Lipinski definition) is 1. The van der Waals surface area contributed by atoms with Crippen LogP contribution in [0.1, 0.15) is 36.3 Å². The predicted molar refractivity (Wildman–Crippen MR) is 79.7 cm³/mol. The topological polar surface area (TPSA) is 58.0 Å². The fourth-order valence-electron chi connectivity index (χ4n) is 3.13. The van der Waals surface area contributed by atoms with Crippen molar-refractivity contribution in [2.24, 2.45) is 0 Å². The minimum atomic E-state index is 0.295. The molecule has 1 aromatic carbocycles. The number of aromatic nitrogens is 3. The van der Waals surface area contributed by atoms with Crippen LogP contribution in [-0.2, 0) is 6.54 Å². The Bertz CT molecular complexity index is 727. The van der Waals surface area contributed by atoms with E-state index in [9.17, 15) is 0 Å². The second-order valence-corrected chi connectivity index (χ2v) is 5.66. The summed E-state index contributed by atoms with van der Waals surface area (Å²) >= 11 is 0. The zero-order valence-corrected chi connectivity index (χ0v) is 12.0. The number of aryl methyl sites for hydroxylation is 1. The number of para-hydroxylation sites is 1. The van der Waals surface area contributed by atoms with Crippen LogP contribution in [-0.4, -0.2) is 26.6 Å². The summed E-state index contributed by atoms with van der Waals surface area (Å²) < 4.78 is 5.93. The molecular weight excluding hydrogens is 264 g/mol. The number of benzene rings is 1. The first kappa shape index (κ1) is 12.6. The normalized spacial score (nSPS) is 19.6. The van der Waals surface area contributed by atoms with Gasteiger partial charge in [0.25, 0.3) is 0 Å². The summed E-state index contributed by atoms with van der Waals surface area (Å²) in [5.74, 6) is 2.79. The van der Waals surface area contributed by atoms with Crippen LogP contribution in [0.4, 0.5) is 0 Å². The average Bonchev–Trinajstić information content (AvgIpc) is 3.17. The number of likely N-dealkylation sites (tertiary alicyclic amines) is 1. The summed E-state index contributed by atoms with van der Waals surface area (Å²) in [7, 11) is 0. The molecule has 5 heteroatoms. The molecule has 0 saturated carbocycles. The van der Waals surface area contributed by atoms with Crippen molar-refractivity contribution in [3.05, 3.63) is 47.7 Å². The Kier molecular flexibility index (Phi) is 3.00. The Hall–Kier alpha value is -2.14. The lowest BCUT2D eigenvalue weighted by molar-refractivity contribution is 0.223. The number of fused-ring (bicyclic) bond motifs is 1. The fourth-order valence-corrected chi connectivity index (χ4v) is 3.13. The van der Waals surface area contributed by atoms with Crippen molar-refractivity contribution < 1.29 is 4.42 Å². The van der Waals surface area contributed by atoms with Crippen LogP contribution < -0.4 is 0 Å². The van der Waals surface area contributed by atoms with Crippen molar-refractivity contribution in [2.75, 3.05) is 6.54 Å². The molecule has 4 rings (SSSR count). The molecule has 1 fully saturated rings. The van der Waals surface area contributed by atoms with Gasteiger partial charge < -0.3 is 4.42 Å². The highest BCUT2D eigenvalue weighted by Gasteiger charge is 2.29. The molecule has 5 nitrogen and oxygen atoms in total. The van der Waals surface area contributed by atoms with E-state index in [4.69, 9.17) is 4.42 Å². The molecule has 1 aliphatic heterocycles. The van der Waals surface area contributed by atoms with Gasteiger partial charge >= 0.3 is 0 Å². The van der Waals surface area contributed by atoms with Crippen LogP contribution in [0.3, 0.4) is 0 Å². The molecule has 1 N–H and O–H groups in total. The summed E-state index contributed by atoms with van der Waals surface area (Å²) in [5.41, 5.74) is 0.956. The molecular formula is C16H18N4O. The molecule has 0 spiro atoms. The molecule has 0 radical (unpaired) electrons. The maximum absolute atomic E-state index is 5.93. The third-order valence-corrected chi connectivity index (χ3v) is 4.11. The quantitative estimate of drug-likeness (QED) is 0.801. The molecule has 0 aliphatic carbocycles. The van der Waals surface area contributed by atoms with Gasteiger partial charge in [-0.3, -0.25) is 10.00 Å². The van der Waals surface area contributed by atoms with Crippen molar-refractivity contribution in [3.63, 3.8) is 0 Å². The van der Waals surface area contributed by atoms with Crippen LogP contribution in [0.5, 0.6) is 0 Å². The van der Waals surface area contributed by atoms with Crippen molar-refractivity contribution in [1.29, 1.82) is 0 Å². The maximum atomic E-state index is 5.93. The Morgan fingerprint density at radius 3 is 3.10 bits per heavy atom. The number of H-pyrrole nitrogens is 1. The Morgan fingerprint density at radius 1 is 1.38 bits per heavy atom. The summed E-state index contributed by atoms with van der Waals surface area (Å²) in [4.78, 5) is 6.89. The minimum absolute atomic E-state index is 0.295. The zero-order chi connectivity index (χ0) is 14.2. The highest BCUT2D eigenvalue weighted by atomic mass is 16.3. The van der Waals surface area contributed by atoms with E-state index >= 15 is 0 Å². The fraction of sp³-hybridized carbons (Fsp3) is 0.375. The standard InChI is InChI=1S/C16H18N4O/c1-11-17-16(19-18-11)14-6-4-8-20(14)10-13-9-12-5-2-3-7-15(12)21-13/h2-3,5,7,9,14H,4,6,8,10H2,1H3,(H,17,18,19)/t14-/m1/s1. The van der Waals surface area contributed by atoms with Gasteiger partial charge in [0.1, 0.15) is 17.2 Å². The number of nitrogens with zero attached hydrogens (tertiary/aromatic N) is 3. The van der Waals surface area contributed by atoms with Gasteiger partial charge in [-0.15, -0.1) is 0 Å². The van der Waals surface area contributed by atoms with E-state index in [2.05, 4.69) is 32.2 Å². The van der Waals surface area contributed by atoms with E-state index < -0.39 is 0 Å². The van der Waals surface area contributed by atoms with Crippen LogP contribution in [0.2, 0.25) is 0 Å². The van der Waals surface area contributed by atoms with Gasteiger partial charge in [-0.25, -0.2) is 4.98 Å². The minimum Gasteiger partial charge on any atom is -0.460 e. The number of aromatic amines is 1. The molecule has 3 aromatic rings. The van der Waals surface area contributed by atoms with Gasteiger partial charge in [-0.1, -0.05) is 18.2 Å². The first-order chi connectivity index (χ1) is 10.3. The number of hydrogen-bond acceptors (Lipinski definition) is 4. The Balaban J connectivity index is 1.57. The third-order valence-electron chi connectivity index (χ3n) is 4.11. The van der Waals surface area contributed by atoms with Gasteiger partial charge in [-0.2, -0.15) is 5.10 Å². The van der Waals surface area contributed by atoms with E-state index in [1.54, 1.807) is 0 Å². The molecule has 2 aromatic heterocycles. The monoisotopic (exact) mass is 282 g/mol. The molecule has 3 heterocycles. The van der Waals surface area contributed by atoms with Crippen LogP contribution in [0.25, 0.3) is 11.0 Å². The summed E-state index contributed by atoms with van der Waals surface area (Å²) in [6, 6.07) is 10.6. The predicted octanol–water partition coefficient (Wildman–Crippen LogP) is 3.20. The molecule has 1 aliphatic rings. The van der Waals surface area contributed by atoms with Gasteiger partial charge in [0, 0.05) is 5.39 Å². The SMILES string of the molecule is Cc1nc([C@H]2CCCN2Cc2cc3ccccc3o2)n[nH]1. The van der Waals surface area contributed by atoms with E-state index in [1.165, 1.54) is 6.42 Å². The number of furan rings is 1. The van der Waals surface area contributed by atoms with Crippen molar-refractivity contribution in [2.45, 2.75) is 32.4 Å². The molecule has 0 unspecified atom stereocenters. The molecule has 1 saturated heterocycles. The Labute approximate surface area is 123 Å². The first-order valence-corrected chi connectivity index (χ1v) is 7.40. The van der Waals surface area contributed by atoms with Gasteiger partial charge in [-0.05, 0) is 38.4 Å². The molecule has 21 heavy (non-hydrogen) atoms. The second-order valence-electron chi connectivity index (χ2n) is 5.66. The lowest BCUT2D eigenvalue weighted by atomic mass is 10.2. The van der Waals surface area contributed by atoms with Crippen LogP contribution >= 0.6 is 0 Å². The lowest BCUT2D eigenvalue weighted by Crippen LogP contribution is -2.23. The largest absolute Gasteiger partial charge is 0.460 e. The second kappa shape index (κ2) is 5.00. The first-order valence-electron chi connectivity index (χ1n) is 7.40. The molecule has 0 amide bonds. The van der Waals surface area contributed by atoms with Crippen LogP contribution in [0, 0.1) is 6.92 Å². The summed E-state index contributed by atoms with van der Waals surface area (Å²) in [6.45, 7) is 3.82. The molecule has 108 valence electrons. The van der Waals surface area contributed by atoms with Gasteiger partial charge in [0.2, 0.25) is 0 Å². The van der Waals surface area contributed by atoms with Gasteiger partial charge in [0.05, 0.1) is 12.6 Å². The van der Waals surface area contributed by atoms with E-state index in [0.29, 0.717) is 6.04 Å². The number of rotatable bonds is 3. The molecule has 1 atom stereocenters. The van der Waals surface area contributed by atoms with E-state index in [0.717, 1.165) is 47.9 Å².